The highest BCUT2D eigenvalue weighted by Gasteiger charge is 2.04. The Hall–Kier alpha value is -2.46. The molecule has 6 nitrogen and oxygen atoms in total. The molecule has 0 bridgehead atoms. The Morgan fingerprint density at radius 2 is 2.11 bits per heavy atom. The van der Waals surface area contributed by atoms with Crippen molar-refractivity contribution in [2.24, 2.45) is 5.11 Å². The van der Waals surface area contributed by atoms with Gasteiger partial charge in [-0.15, -0.1) is 0 Å². The van der Waals surface area contributed by atoms with Gasteiger partial charge in [-0.3, -0.25) is 4.68 Å². The molecule has 1 aromatic heterocycles. The monoisotopic (exact) mass is 257 g/mol. The van der Waals surface area contributed by atoms with Crippen LogP contribution in [-0.2, 0) is 13.2 Å². The van der Waals surface area contributed by atoms with Crippen molar-refractivity contribution in [3.63, 3.8) is 0 Å². The van der Waals surface area contributed by atoms with Crippen molar-refractivity contribution in [1.29, 1.82) is 0 Å². The number of aromatic nitrogens is 2. The van der Waals surface area contributed by atoms with Crippen LogP contribution < -0.4 is 4.74 Å². The fourth-order valence-corrected chi connectivity index (χ4v) is 1.68. The molecule has 98 valence electrons. The minimum absolute atomic E-state index is 0.479. The van der Waals surface area contributed by atoms with Crippen LogP contribution in [0.2, 0.25) is 0 Å². The van der Waals surface area contributed by atoms with Crippen LogP contribution >= 0.6 is 0 Å². The Morgan fingerprint density at radius 3 is 2.68 bits per heavy atom. The second kappa shape index (κ2) is 5.93. The van der Waals surface area contributed by atoms with Crippen molar-refractivity contribution in [3.8, 4) is 5.75 Å². The predicted octanol–water partition coefficient (Wildman–Crippen LogP) is 3.73. The lowest BCUT2D eigenvalue weighted by atomic mass is 10.3. The van der Waals surface area contributed by atoms with Crippen LogP contribution in [0, 0.1) is 6.92 Å². The van der Waals surface area contributed by atoms with Gasteiger partial charge in [-0.25, -0.2) is 0 Å². The standard InChI is InChI=1S/C13H15N5O/c1-3-18-8-11(10(2)16-18)9-19-13-6-4-12(5-7-13)15-17-14/h4-8H,3,9H2,1-2H3. The van der Waals surface area contributed by atoms with Crippen molar-refractivity contribution < 1.29 is 4.74 Å². The average molecular weight is 257 g/mol. The van der Waals surface area contributed by atoms with E-state index in [4.69, 9.17) is 10.3 Å². The molecule has 0 aliphatic rings. The number of rotatable bonds is 5. The van der Waals surface area contributed by atoms with E-state index in [0.29, 0.717) is 12.3 Å². The summed E-state index contributed by atoms with van der Waals surface area (Å²) < 4.78 is 7.56. The highest BCUT2D eigenvalue weighted by Crippen LogP contribution is 2.19. The molecule has 0 radical (unpaired) electrons. The molecule has 0 atom stereocenters. The number of azide groups is 1. The number of benzene rings is 1. The van der Waals surface area contributed by atoms with Crippen LogP contribution in [0.25, 0.3) is 10.4 Å². The van der Waals surface area contributed by atoms with Gasteiger partial charge in [0.15, 0.2) is 0 Å². The summed E-state index contributed by atoms with van der Waals surface area (Å²) in [6, 6.07) is 7.00. The summed E-state index contributed by atoms with van der Waals surface area (Å²) in [6.07, 6.45) is 1.99. The average Bonchev–Trinajstić information content (AvgIpc) is 2.79. The molecular weight excluding hydrogens is 242 g/mol. The van der Waals surface area contributed by atoms with E-state index in [-0.39, 0.29) is 0 Å². The highest BCUT2D eigenvalue weighted by molar-refractivity contribution is 5.41. The van der Waals surface area contributed by atoms with Gasteiger partial charge < -0.3 is 4.74 Å². The van der Waals surface area contributed by atoms with E-state index in [1.165, 1.54) is 0 Å². The number of hydrogen-bond acceptors (Lipinski definition) is 3. The molecule has 1 heterocycles. The van der Waals surface area contributed by atoms with Gasteiger partial charge in [0.05, 0.1) is 5.69 Å². The molecule has 0 saturated carbocycles. The first-order chi connectivity index (χ1) is 9.22. The zero-order valence-corrected chi connectivity index (χ0v) is 10.9. The topological polar surface area (TPSA) is 75.8 Å². The van der Waals surface area contributed by atoms with E-state index in [1.54, 1.807) is 24.3 Å². The van der Waals surface area contributed by atoms with Crippen LogP contribution in [0.4, 0.5) is 5.69 Å². The molecule has 0 aliphatic carbocycles. The molecule has 0 saturated heterocycles. The first-order valence-electron chi connectivity index (χ1n) is 6.04. The first kappa shape index (κ1) is 13.0. The Morgan fingerprint density at radius 1 is 1.37 bits per heavy atom. The third-order valence-electron chi connectivity index (χ3n) is 2.76. The van der Waals surface area contributed by atoms with Gasteiger partial charge >= 0.3 is 0 Å². The number of hydrogen-bond donors (Lipinski definition) is 0. The van der Waals surface area contributed by atoms with Crippen molar-refractivity contribution in [2.75, 3.05) is 0 Å². The fraction of sp³-hybridized carbons (Fsp3) is 0.308. The van der Waals surface area contributed by atoms with E-state index in [1.807, 2.05) is 24.7 Å². The fourth-order valence-electron chi connectivity index (χ4n) is 1.68. The van der Waals surface area contributed by atoms with Gasteiger partial charge in [-0.2, -0.15) is 5.10 Å². The largest absolute Gasteiger partial charge is 0.489 e. The van der Waals surface area contributed by atoms with Crippen molar-refractivity contribution in [1.82, 2.24) is 9.78 Å². The first-order valence-corrected chi connectivity index (χ1v) is 6.04. The summed E-state index contributed by atoms with van der Waals surface area (Å²) in [5.74, 6) is 0.737. The molecule has 0 N–H and O–H groups in total. The van der Waals surface area contributed by atoms with Crippen LogP contribution in [0.5, 0.6) is 5.75 Å². The maximum Gasteiger partial charge on any atom is 0.119 e. The van der Waals surface area contributed by atoms with Gasteiger partial charge in [0.1, 0.15) is 12.4 Å². The molecule has 2 aromatic rings. The predicted molar refractivity (Wildman–Crippen MR) is 72.2 cm³/mol. The second-order valence-electron chi connectivity index (χ2n) is 4.07. The molecule has 6 heteroatoms. The quantitative estimate of drug-likeness (QED) is 0.465. The normalized spacial score (nSPS) is 10.0. The van der Waals surface area contributed by atoms with Gasteiger partial charge in [0.25, 0.3) is 0 Å². The summed E-state index contributed by atoms with van der Waals surface area (Å²) in [5, 5.41) is 7.87. The van der Waals surface area contributed by atoms with E-state index in [2.05, 4.69) is 15.1 Å². The number of nitrogens with zero attached hydrogens (tertiary/aromatic N) is 5. The van der Waals surface area contributed by atoms with Crippen molar-refractivity contribution in [2.45, 2.75) is 27.0 Å². The summed E-state index contributed by atoms with van der Waals surface area (Å²) in [6.45, 7) is 5.34. The van der Waals surface area contributed by atoms with Crippen molar-refractivity contribution >= 4 is 5.69 Å². The smallest absolute Gasteiger partial charge is 0.119 e. The molecule has 0 amide bonds. The maximum atomic E-state index is 8.32. The molecule has 0 fully saturated rings. The third kappa shape index (κ3) is 3.26. The lowest BCUT2D eigenvalue weighted by Gasteiger charge is -2.05. The molecule has 0 spiro atoms. The van der Waals surface area contributed by atoms with Crippen LogP contribution in [0.1, 0.15) is 18.2 Å². The van der Waals surface area contributed by atoms with E-state index in [0.717, 1.165) is 23.6 Å². The molecule has 19 heavy (non-hydrogen) atoms. The Labute approximate surface area is 111 Å². The summed E-state index contributed by atoms with van der Waals surface area (Å²) in [7, 11) is 0. The van der Waals surface area contributed by atoms with Crippen molar-refractivity contribution in [3.05, 3.63) is 52.2 Å². The minimum Gasteiger partial charge on any atom is -0.489 e. The van der Waals surface area contributed by atoms with E-state index in [9.17, 15) is 0 Å². The summed E-state index contributed by atoms with van der Waals surface area (Å²) in [5.41, 5.74) is 10.9. The van der Waals surface area contributed by atoms with Gasteiger partial charge in [0, 0.05) is 28.9 Å². The molecule has 2 rings (SSSR count). The van der Waals surface area contributed by atoms with Crippen LogP contribution in [0.15, 0.2) is 35.6 Å². The summed E-state index contributed by atoms with van der Waals surface area (Å²) in [4.78, 5) is 2.73. The molecule has 0 unspecified atom stereocenters. The van der Waals surface area contributed by atoms with Gasteiger partial charge in [0.2, 0.25) is 0 Å². The molecule has 1 aromatic carbocycles. The Kier molecular flexibility index (Phi) is 4.05. The Bertz CT molecular complexity index is 596. The molecule has 0 aliphatic heterocycles. The van der Waals surface area contributed by atoms with Gasteiger partial charge in [-0.05, 0) is 43.6 Å². The molecular formula is C13H15N5O. The summed E-state index contributed by atoms with van der Waals surface area (Å²) >= 11 is 0. The lowest BCUT2D eigenvalue weighted by Crippen LogP contribution is -1.95. The minimum atomic E-state index is 0.479. The van der Waals surface area contributed by atoms with Gasteiger partial charge in [-0.1, -0.05) is 5.11 Å². The van der Waals surface area contributed by atoms with E-state index < -0.39 is 0 Å². The third-order valence-corrected chi connectivity index (χ3v) is 2.76. The van der Waals surface area contributed by atoms with E-state index >= 15 is 0 Å². The zero-order chi connectivity index (χ0) is 13.7. The zero-order valence-electron chi connectivity index (χ0n) is 10.9. The second-order valence-corrected chi connectivity index (χ2v) is 4.07. The Balaban J connectivity index is 2.01. The lowest BCUT2D eigenvalue weighted by molar-refractivity contribution is 0.305. The highest BCUT2D eigenvalue weighted by atomic mass is 16.5. The SMILES string of the molecule is CCn1cc(COc2ccc(N=[N+]=[N-])cc2)c(C)n1. The number of ether oxygens (including phenoxy) is 1. The number of aryl methyl sites for hydroxylation is 2. The van der Waals surface area contributed by atoms with Crippen LogP contribution in [-0.4, -0.2) is 9.78 Å². The maximum absolute atomic E-state index is 8.32. The van der Waals surface area contributed by atoms with Crippen LogP contribution in [0.3, 0.4) is 0 Å².